The van der Waals surface area contributed by atoms with Gasteiger partial charge in [0, 0.05) is 19.3 Å². The van der Waals surface area contributed by atoms with Crippen molar-refractivity contribution in [3.05, 3.63) is 85.1 Å². The molecule has 0 aromatic carbocycles. The Kier molecular flexibility index (Phi) is 47.5. The van der Waals surface area contributed by atoms with Crippen LogP contribution in [0, 0.1) is 0 Å². The second-order valence-corrected chi connectivity index (χ2v) is 16.9. The Hall–Kier alpha value is -3.41. The molecule has 0 saturated carbocycles. The van der Waals surface area contributed by atoms with Crippen LogP contribution in [0.4, 0.5) is 0 Å². The van der Waals surface area contributed by atoms with E-state index in [-0.39, 0.29) is 31.1 Å². The van der Waals surface area contributed by atoms with E-state index in [2.05, 4.69) is 81.5 Å². The van der Waals surface area contributed by atoms with Crippen LogP contribution < -0.4 is 0 Å². The molecule has 1 atom stereocenters. The molecule has 0 N–H and O–H groups in total. The lowest BCUT2D eigenvalue weighted by atomic mass is 10.1. The quantitative estimate of drug-likeness (QED) is 0.0199. The zero-order valence-corrected chi connectivity index (χ0v) is 40.4. The second kappa shape index (κ2) is 50.2. The van der Waals surface area contributed by atoms with Crippen LogP contribution in [0.1, 0.15) is 233 Å². The molecule has 354 valence electrons. The van der Waals surface area contributed by atoms with Gasteiger partial charge in [-0.25, -0.2) is 0 Å². The van der Waals surface area contributed by atoms with Gasteiger partial charge in [0.15, 0.2) is 6.10 Å². The van der Waals surface area contributed by atoms with Crippen LogP contribution in [-0.4, -0.2) is 37.2 Å². The summed E-state index contributed by atoms with van der Waals surface area (Å²) in [5, 5.41) is 0. The summed E-state index contributed by atoms with van der Waals surface area (Å²) in [6, 6.07) is 0. The fourth-order valence-corrected chi connectivity index (χ4v) is 6.85. The summed E-state index contributed by atoms with van der Waals surface area (Å²) in [5.74, 6) is -0.925. The maximum absolute atomic E-state index is 12.8. The summed E-state index contributed by atoms with van der Waals surface area (Å²) in [5.41, 5.74) is 0. The average molecular weight is 863 g/mol. The van der Waals surface area contributed by atoms with Gasteiger partial charge in [0.2, 0.25) is 0 Å². The van der Waals surface area contributed by atoms with E-state index in [1.807, 2.05) is 24.3 Å². The highest BCUT2D eigenvalue weighted by Gasteiger charge is 2.19. The molecule has 0 heterocycles. The first-order chi connectivity index (χ1) is 30.5. The normalized spacial score (nSPS) is 12.8. The minimum atomic E-state index is -0.789. The van der Waals surface area contributed by atoms with Crippen LogP contribution >= 0.6 is 0 Å². The molecule has 0 fully saturated rings. The van der Waals surface area contributed by atoms with Crippen molar-refractivity contribution in [1.82, 2.24) is 0 Å². The number of rotatable bonds is 45. The Labute approximate surface area is 382 Å². The standard InChI is InChI=1S/C56H94O6/c1-4-7-10-13-16-19-21-23-25-27-29-30-32-34-37-40-43-46-49-55(58)61-52-53(51-60-54(57)48-45-42-39-36-18-15-12-9-6-3)62-56(59)50-47-44-41-38-35-33-31-28-26-24-22-20-17-14-11-8-5-2/h10,13,16-17,19-21,23-27,29-30,53H,4-9,11-12,14-15,18,22,28,31-52H2,1-3H3/b13-10-,19-16-,20-17-,23-21-,26-24-,27-25-,30-29-. The van der Waals surface area contributed by atoms with Gasteiger partial charge in [-0.05, 0) is 70.6 Å². The van der Waals surface area contributed by atoms with Gasteiger partial charge >= 0.3 is 17.9 Å². The number of unbranched alkanes of at least 4 members (excludes halogenated alkanes) is 24. The van der Waals surface area contributed by atoms with E-state index in [9.17, 15) is 14.4 Å². The fraction of sp³-hybridized carbons (Fsp3) is 0.696. The predicted molar refractivity (Wildman–Crippen MR) is 265 cm³/mol. The molecule has 0 aliphatic heterocycles. The van der Waals surface area contributed by atoms with Gasteiger partial charge in [-0.1, -0.05) is 228 Å². The van der Waals surface area contributed by atoms with Crippen molar-refractivity contribution in [2.24, 2.45) is 0 Å². The van der Waals surface area contributed by atoms with Crippen molar-refractivity contribution in [3.8, 4) is 0 Å². The molecule has 0 saturated heterocycles. The average Bonchev–Trinajstić information content (AvgIpc) is 3.27. The Bertz CT molecular complexity index is 1220. The summed E-state index contributed by atoms with van der Waals surface area (Å²) >= 11 is 0. The molecule has 1 unspecified atom stereocenters. The lowest BCUT2D eigenvalue weighted by Crippen LogP contribution is -2.30. The zero-order valence-electron chi connectivity index (χ0n) is 40.4. The fourth-order valence-electron chi connectivity index (χ4n) is 6.85. The van der Waals surface area contributed by atoms with Crippen LogP contribution in [0.15, 0.2) is 85.1 Å². The lowest BCUT2D eigenvalue weighted by Gasteiger charge is -2.18. The van der Waals surface area contributed by atoms with Gasteiger partial charge in [-0.2, -0.15) is 0 Å². The van der Waals surface area contributed by atoms with Crippen LogP contribution in [0.25, 0.3) is 0 Å². The minimum Gasteiger partial charge on any atom is -0.462 e. The smallest absolute Gasteiger partial charge is 0.306 e. The third kappa shape index (κ3) is 47.6. The van der Waals surface area contributed by atoms with Gasteiger partial charge in [-0.15, -0.1) is 0 Å². The molecule has 0 bridgehead atoms. The molecule has 0 radical (unpaired) electrons. The molecule has 0 rings (SSSR count). The SMILES string of the molecule is CCC\C=C/C=C\C=C/C=C\C=C/CCCCCCCC(=O)OCC(COC(=O)CCCCCCCCCCC)OC(=O)CCCCCCCCC/C=C\C/C=C\CCCCC. The van der Waals surface area contributed by atoms with Gasteiger partial charge in [0.1, 0.15) is 13.2 Å². The molecular formula is C56H94O6. The van der Waals surface area contributed by atoms with Gasteiger partial charge in [-0.3, -0.25) is 14.4 Å². The first-order valence-corrected chi connectivity index (χ1v) is 25.7. The molecule has 0 aliphatic carbocycles. The van der Waals surface area contributed by atoms with Crippen molar-refractivity contribution < 1.29 is 28.6 Å². The Balaban J connectivity index is 4.41. The maximum Gasteiger partial charge on any atom is 0.306 e. The van der Waals surface area contributed by atoms with Gasteiger partial charge in [0.05, 0.1) is 0 Å². The van der Waals surface area contributed by atoms with Crippen molar-refractivity contribution in [1.29, 1.82) is 0 Å². The van der Waals surface area contributed by atoms with E-state index < -0.39 is 6.10 Å². The largest absolute Gasteiger partial charge is 0.462 e. The second-order valence-electron chi connectivity index (χ2n) is 16.9. The van der Waals surface area contributed by atoms with E-state index in [1.54, 1.807) is 0 Å². The molecule has 0 aromatic rings. The molecule has 6 nitrogen and oxygen atoms in total. The van der Waals surface area contributed by atoms with Crippen LogP contribution in [-0.2, 0) is 28.6 Å². The van der Waals surface area contributed by atoms with Crippen molar-refractivity contribution in [2.45, 2.75) is 239 Å². The monoisotopic (exact) mass is 863 g/mol. The van der Waals surface area contributed by atoms with E-state index in [1.165, 1.54) is 96.3 Å². The van der Waals surface area contributed by atoms with Gasteiger partial charge < -0.3 is 14.2 Å². The van der Waals surface area contributed by atoms with E-state index >= 15 is 0 Å². The number of esters is 3. The third-order valence-corrected chi connectivity index (χ3v) is 10.7. The minimum absolute atomic E-state index is 0.0878. The lowest BCUT2D eigenvalue weighted by molar-refractivity contribution is -0.167. The number of carbonyl (C=O) groups excluding carboxylic acids is 3. The molecule has 6 heteroatoms. The molecule has 0 aromatic heterocycles. The van der Waals surface area contributed by atoms with Crippen LogP contribution in [0.2, 0.25) is 0 Å². The summed E-state index contributed by atoms with van der Waals surface area (Å²) in [7, 11) is 0. The third-order valence-electron chi connectivity index (χ3n) is 10.7. The van der Waals surface area contributed by atoms with E-state index in [0.29, 0.717) is 19.3 Å². The van der Waals surface area contributed by atoms with Gasteiger partial charge in [0.25, 0.3) is 0 Å². The first kappa shape index (κ1) is 58.6. The molecule has 0 aliphatic rings. The highest BCUT2D eigenvalue weighted by atomic mass is 16.6. The number of hydrogen-bond donors (Lipinski definition) is 0. The number of hydrogen-bond acceptors (Lipinski definition) is 6. The Morgan fingerprint density at radius 1 is 0.339 bits per heavy atom. The first-order valence-electron chi connectivity index (χ1n) is 25.7. The molecule has 62 heavy (non-hydrogen) atoms. The summed E-state index contributed by atoms with van der Waals surface area (Å²) in [6.45, 7) is 6.47. The summed E-state index contributed by atoms with van der Waals surface area (Å²) < 4.78 is 16.7. The van der Waals surface area contributed by atoms with E-state index in [0.717, 1.165) is 96.3 Å². The highest BCUT2D eigenvalue weighted by Crippen LogP contribution is 2.14. The molecular weight excluding hydrogens is 769 g/mol. The maximum atomic E-state index is 12.8. The zero-order chi connectivity index (χ0) is 45.1. The highest BCUT2D eigenvalue weighted by molar-refractivity contribution is 5.71. The number of allylic oxidation sites excluding steroid dienone is 14. The van der Waals surface area contributed by atoms with Crippen molar-refractivity contribution in [2.75, 3.05) is 13.2 Å². The number of ether oxygens (including phenoxy) is 3. The summed E-state index contributed by atoms with van der Waals surface area (Å²) in [4.78, 5) is 37.9. The van der Waals surface area contributed by atoms with Crippen molar-refractivity contribution in [3.63, 3.8) is 0 Å². The van der Waals surface area contributed by atoms with E-state index in [4.69, 9.17) is 14.2 Å². The Morgan fingerprint density at radius 2 is 0.677 bits per heavy atom. The summed E-state index contributed by atoms with van der Waals surface area (Å²) in [6.07, 6.45) is 64.1. The van der Waals surface area contributed by atoms with Crippen LogP contribution in [0.5, 0.6) is 0 Å². The molecule has 0 amide bonds. The predicted octanol–water partition coefficient (Wildman–Crippen LogP) is 16.8. The number of carbonyl (C=O) groups is 3. The van der Waals surface area contributed by atoms with Crippen LogP contribution in [0.3, 0.4) is 0 Å². The topological polar surface area (TPSA) is 78.9 Å². The van der Waals surface area contributed by atoms with Crippen molar-refractivity contribution >= 4 is 17.9 Å². The molecule has 0 spiro atoms. The Morgan fingerprint density at radius 3 is 1.13 bits per heavy atom.